The second kappa shape index (κ2) is 13.5. The molecule has 8 nitrogen and oxygen atoms in total. The van der Waals surface area contributed by atoms with Crippen molar-refractivity contribution in [3.05, 3.63) is 89.7 Å². The van der Waals surface area contributed by atoms with Gasteiger partial charge in [-0.1, -0.05) is 30.3 Å². The summed E-state index contributed by atoms with van der Waals surface area (Å²) in [4.78, 5) is 24.3. The van der Waals surface area contributed by atoms with Gasteiger partial charge in [0.05, 0.1) is 12.8 Å². The molecule has 0 aliphatic carbocycles. The van der Waals surface area contributed by atoms with Crippen LogP contribution < -0.4 is 25.0 Å². The van der Waals surface area contributed by atoms with E-state index in [1.54, 1.807) is 61.5 Å². The zero-order valence-electron chi connectivity index (χ0n) is 20.1. The molecule has 0 heterocycles. The summed E-state index contributed by atoms with van der Waals surface area (Å²) in [6, 6.07) is 19.4. The standard InChI is InChI=1S/C27H28FN3O5/c1-3-34-25-15-21(11-14-24(25)36-17-20-9-12-22(28)13-10-20)16-29-31-27(33)19(2)30-26(32)18-35-23-7-5-4-6-8-23/h4-16,19H,3,17-18H2,1-2H3,(H,30,32)(H,31,33). The van der Waals surface area contributed by atoms with E-state index in [0.29, 0.717) is 29.4 Å². The third kappa shape index (κ3) is 8.43. The van der Waals surface area contributed by atoms with E-state index in [4.69, 9.17) is 14.2 Å². The normalized spacial score (nSPS) is 11.5. The maximum absolute atomic E-state index is 13.1. The van der Waals surface area contributed by atoms with Gasteiger partial charge in [-0.2, -0.15) is 5.10 Å². The van der Waals surface area contributed by atoms with E-state index in [1.807, 2.05) is 13.0 Å². The van der Waals surface area contributed by atoms with Crippen LogP contribution in [0.3, 0.4) is 0 Å². The summed E-state index contributed by atoms with van der Waals surface area (Å²) < 4.78 is 29.9. The second-order valence-corrected chi connectivity index (χ2v) is 7.68. The van der Waals surface area contributed by atoms with Gasteiger partial charge in [-0.25, -0.2) is 9.82 Å². The van der Waals surface area contributed by atoms with Crippen LogP contribution >= 0.6 is 0 Å². The molecule has 0 aromatic heterocycles. The summed E-state index contributed by atoms with van der Waals surface area (Å²) in [6.45, 7) is 3.87. The van der Waals surface area contributed by atoms with Gasteiger partial charge in [0.15, 0.2) is 18.1 Å². The molecule has 0 aliphatic rings. The van der Waals surface area contributed by atoms with Crippen LogP contribution in [0.25, 0.3) is 0 Å². The number of nitrogens with one attached hydrogen (secondary N) is 2. The topological polar surface area (TPSA) is 98.2 Å². The molecule has 0 saturated heterocycles. The Balaban J connectivity index is 1.49. The molecule has 0 spiro atoms. The number of hydrazone groups is 1. The predicted octanol–water partition coefficient (Wildman–Crippen LogP) is 3.84. The first-order chi connectivity index (χ1) is 17.4. The Kier molecular flexibility index (Phi) is 9.81. The number of ether oxygens (including phenoxy) is 3. The van der Waals surface area contributed by atoms with Crippen molar-refractivity contribution in [2.45, 2.75) is 26.5 Å². The first-order valence-electron chi connectivity index (χ1n) is 11.4. The minimum atomic E-state index is -0.810. The van der Waals surface area contributed by atoms with Crippen LogP contribution in [-0.2, 0) is 16.2 Å². The lowest BCUT2D eigenvalue weighted by Crippen LogP contribution is -2.45. The Morgan fingerprint density at radius 3 is 2.44 bits per heavy atom. The lowest BCUT2D eigenvalue weighted by molar-refractivity contribution is -0.129. The number of halogens is 1. The number of nitrogens with zero attached hydrogens (tertiary/aromatic N) is 1. The van der Waals surface area contributed by atoms with Crippen molar-refractivity contribution in [3.8, 4) is 17.2 Å². The van der Waals surface area contributed by atoms with Crippen molar-refractivity contribution in [2.24, 2.45) is 5.10 Å². The van der Waals surface area contributed by atoms with Crippen LogP contribution in [0.1, 0.15) is 25.0 Å². The maximum Gasteiger partial charge on any atom is 0.262 e. The van der Waals surface area contributed by atoms with Gasteiger partial charge < -0.3 is 19.5 Å². The Morgan fingerprint density at radius 1 is 0.972 bits per heavy atom. The van der Waals surface area contributed by atoms with Gasteiger partial charge in [-0.15, -0.1) is 0 Å². The van der Waals surface area contributed by atoms with Crippen molar-refractivity contribution < 1.29 is 28.2 Å². The number of amides is 2. The number of carbonyl (C=O) groups is 2. The van der Waals surface area contributed by atoms with E-state index in [9.17, 15) is 14.0 Å². The van der Waals surface area contributed by atoms with E-state index in [0.717, 1.165) is 5.56 Å². The van der Waals surface area contributed by atoms with E-state index in [2.05, 4.69) is 15.8 Å². The summed E-state index contributed by atoms with van der Waals surface area (Å²) in [7, 11) is 0. The molecule has 2 amide bonds. The van der Waals surface area contributed by atoms with Crippen LogP contribution in [0.2, 0.25) is 0 Å². The van der Waals surface area contributed by atoms with Gasteiger partial charge in [-0.05, 0) is 67.4 Å². The number of carbonyl (C=O) groups excluding carboxylic acids is 2. The number of para-hydroxylation sites is 1. The zero-order chi connectivity index (χ0) is 25.8. The molecular formula is C27H28FN3O5. The molecule has 3 aromatic rings. The minimum Gasteiger partial charge on any atom is -0.490 e. The second-order valence-electron chi connectivity index (χ2n) is 7.68. The van der Waals surface area contributed by atoms with Crippen LogP contribution in [0.4, 0.5) is 4.39 Å². The van der Waals surface area contributed by atoms with Crippen LogP contribution in [-0.4, -0.2) is 37.3 Å². The Morgan fingerprint density at radius 2 is 1.72 bits per heavy atom. The van der Waals surface area contributed by atoms with Crippen LogP contribution in [0.5, 0.6) is 17.2 Å². The molecule has 3 rings (SSSR count). The van der Waals surface area contributed by atoms with Crippen molar-refractivity contribution >= 4 is 18.0 Å². The average Bonchev–Trinajstić information content (AvgIpc) is 2.88. The Hall–Kier alpha value is -4.40. The van der Waals surface area contributed by atoms with E-state index in [1.165, 1.54) is 18.3 Å². The quantitative estimate of drug-likeness (QED) is 0.295. The van der Waals surface area contributed by atoms with Crippen molar-refractivity contribution in [2.75, 3.05) is 13.2 Å². The molecule has 3 aromatic carbocycles. The van der Waals surface area contributed by atoms with Gasteiger partial charge in [0.25, 0.3) is 11.8 Å². The highest BCUT2D eigenvalue weighted by molar-refractivity contribution is 5.89. The molecular weight excluding hydrogens is 465 g/mol. The summed E-state index contributed by atoms with van der Waals surface area (Å²) in [5, 5.41) is 6.51. The number of hydrogen-bond donors (Lipinski definition) is 2. The third-order valence-electron chi connectivity index (χ3n) is 4.85. The largest absolute Gasteiger partial charge is 0.490 e. The monoisotopic (exact) mass is 493 g/mol. The molecule has 36 heavy (non-hydrogen) atoms. The smallest absolute Gasteiger partial charge is 0.262 e. The molecule has 2 N–H and O–H groups in total. The van der Waals surface area contributed by atoms with Crippen LogP contribution in [0, 0.1) is 5.82 Å². The first kappa shape index (κ1) is 26.2. The molecule has 1 atom stereocenters. The van der Waals surface area contributed by atoms with Gasteiger partial charge in [0.2, 0.25) is 0 Å². The predicted molar refractivity (Wildman–Crippen MR) is 134 cm³/mol. The van der Waals surface area contributed by atoms with Gasteiger partial charge in [-0.3, -0.25) is 9.59 Å². The summed E-state index contributed by atoms with van der Waals surface area (Å²) in [5.74, 6) is 0.378. The average molecular weight is 494 g/mol. The highest BCUT2D eigenvalue weighted by Gasteiger charge is 2.15. The van der Waals surface area contributed by atoms with E-state index in [-0.39, 0.29) is 19.0 Å². The Labute approximate surface area is 209 Å². The van der Waals surface area contributed by atoms with Gasteiger partial charge >= 0.3 is 0 Å². The molecule has 0 fully saturated rings. The molecule has 9 heteroatoms. The van der Waals surface area contributed by atoms with Crippen molar-refractivity contribution in [1.82, 2.24) is 10.7 Å². The number of hydrogen-bond acceptors (Lipinski definition) is 6. The molecule has 188 valence electrons. The minimum absolute atomic E-state index is 0.208. The Bertz CT molecular complexity index is 1170. The SMILES string of the molecule is CCOc1cc(C=NNC(=O)C(C)NC(=O)COc2ccccc2)ccc1OCc1ccc(F)cc1. The highest BCUT2D eigenvalue weighted by atomic mass is 19.1. The molecule has 0 aliphatic heterocycles. The highest BCUT2D eigenvalue weighted by Crippen LogP contribution is 2.29. The van der Waals surface area contributed by atoms with Gasteiger partial charge in [0, 0.05) is 0 Å². The summed E-state index contributed by atoms with van der Waals surface area (Å²) in [6.07, 6.45) is 1.46. The maximum atomic E-state index is 13.1. The first-order valence-corrected chi connectivity index (χ1v) is 11.4. The van der Waals surface area contributed by atoms with E-state index >= 15 is 0 Å². The number of rotatable bonds is 12. The molecule has 1 unspecified atom stereocenters. The summed E-state index contributed by atoms with van der Waals surface area (Å²) >= 11 is 0. The summed E-state index contributed by atoms with van der Waals surface area (Å²) in [5.41, 5.74) is 3.89. The molecule has 0 radical (unpaired) electrons. The van der Waals surface area contributed by atoms with Crippen LogP contribution in [0.15, 0.2) is 77.9 Å². The van der Waals surface area contributed by atoms with Crippen molar-refractivity contribution in [3.63, 3.8) is 0 Å². The van der Waals surface area contributed by atoms with Crippen molar-refractivity contribution in [1.29, 1.82) is 0 Å². The lowest BCUT2D eigenvalue weighted by atomic mass is 10.2. The fourth-order valence-electron chi connectivity index (χ4n) is 3.02. The lowest BCUT2D eigenvalue weighted by Gasteiger charge is -2.13. The molecule has 0 bridgehead atoms. The van der Waals surface area contributed by atoms with Gasteiger partial charge in [0.1, 0.15) is 24.2 Å². The number of benzene rings is 3. The fraction of sp³-hybridized carbons (Fsp3) is 0.222. The zero-order valence-corrected chi connectivity index (χ0v) is 20.1. The molecule has 0 saturated carbocycles. The fourth-order valence-corrected chi connectivity index (χ4v) is 3.02. The van der Waals surface area contributed by atoms with E-state index < -0.39 is 17.9 Å². The third-order valence-corrected chi connectivity index (χ3v) is 4.85.